The van der Waals surface area contributed by atoms with E-state index in [1.165, 1.54) is 21.4 Å². The van der Waals surface area contributed by atoms with Gasteiger partial charge in [-0.05, 0) is 44.0 Å². The number of hydrogen-bond donors (Lipinski definition) is 1. The van der Waals surface area contributed by atoms with Crippen LogP contribution in [-0.2, 0) is 6.42 Å². The van der Waals surface area contributed by atoms with Crippen molar-refractivity contribution in [3.05, 3.63) is 34.2 Å². The van der Waals surface area contributed by atoms with Crippen molar-refractivity contribution in [2.24, 2.45) is 0 Å². The first-order chi connectivity index (χ1) is 7.31. The molecule has 0 radical (unpaired) electrons. The topological polar surface area (TPSA) is 12.0 Å². The molecule has 0 fully saturated rings. The Morgan fingerprint density at radius 3 is 3.00 bits per heavy atom. The molecule has 0 bridgehead atoms. The lowest BCUT2D eigenvalue weighted by atomic mass is 10.2. The van der Waals surface area contributed by atoms with Crippen LogP contribution < -0.4 is 5.32 Å². The monoisotopic (exact) mass is 239 g/mol. The third-order valence-corrected chi connectivity index (χ3v) is 4.07. The van der Waals surface area contributed by atoms with Gasteiger partial charge in [0, 0.05) is 4.88 Å². The number of thiophene rings is 1. The van der Waals surface area contributed by atoms with E-state index in [2.05, 4.69) is 17.4 Å². The van der Waals surface area contributed by atoms with Crippen LogP contribution in [0.3, 0.4) is 0 Å². The first-order valence-corrected chi connectivity index (χ1v) is 6.32. The maximum Gasteiger partial charge on any atom is 0.0584 e. The largest absolute Gasteiger partial charge is 0.320 e. The number of benzene rings is 1. The summed E-state index contributed by atoms with van der Waals surface area (Å²) in [5, 5.41) is 5.30. The number of fused-ring (bicyclic) bond motifs is 1. The Morgan fingerprint density at radius 1 is 1.40 bits per heavy atom. The Bertz CT molecular complexity index is 450. The number of halogens is 1. The van der Waals surface area contributed by atoms with Gasteiger partial charge in [-0.15, -0.1) is 11.3 Å². The average Bonchev–Trinajstić information content (AvgIpc) is 2.63. The highest BCUT2D eigenvalue weighted by Gasteiger charge is 2.04. The van der Waals surface area contributed by atoms with Gasteiger partial charge in [-0.3, -0.25) is 0 Å². The number of rotatable bonds is 4. The molecule has 0 aliphatic carbocycles. The molecule has 1 aromatic carbocycles. The van der Waals surface area contributed by atoms with Gasteiger partial charge in [-0.2, -0.15) is 0 Å². The second-order valence-electron chi connectivity index (χ2n) is 3.58. The van der Waals surface area contributed by atoms with E-state index in [0.29, 0.717) is 0 Å². The Labute approximate surface area is 99.1 Å². The lowest BCUT2D eigenvalue weighted by molar-refractivity contribution is 0.729. The third kappa shape index (κ3) is 2.51. The highest BCUT2D eigenvalue weighted by molar-refractivity contribution is 7.19. The van der Waals surface area contributed by atoms with Gasteiger partial charge < -0.3 is 5.32 Å². The highest BCUT2D eigenvalue weighted by Crippen LogP contribution is 2.32. The van der Waals surface area contributed by atoms with E-state index in [4.69, 9.17) is 11.6 Å². The van der Waals surface area contributed by atoms with Crippen LogP contribution in [0.2, 0.25) is 5.02 Å². The molecule has 0 aliphatic rings. The van der Waals surface area contributed by atoms with Gasteiger partial charge in [0.2, 0.25) is 0 Å². The average molecular weight is 240 g/mol. The van der Waals surface area contributed by atoms with Crippen molar-refractivity contribution in [2.75, 3.05) is 13.6 Å². The summed E-state index contributed by atoms with van der Waals surface area (Å²) in [4.78, 5) is 1.42. The van der Waals surface area contributed by atoms with Gasteiger partial charge in [0.1, 0.15) is 0 Å². The van der Waals surface area contributed by atoms with E-state index in [0.717, 1.165) is 18.0 Å². The Balaban J connectivity index is 2.20. The second kappa shape index (κ2) is 4.97. The molecule has 0 unspecified atom stereocenters. The van der Waals surface area contributed by atoms with Gasteiger partial charge in [0.25, 0.3) is 0 Å². The van der Waals surface area contributed by atoms with Crippen molar-refractivity contribution in [3.8, 4) is 0 Å². The molecule has 0 amide bonds. The van der Waals surface area contributed by atoms with Gasteiger partial charge in [0.15, 0.2) is 0 Å². The van der Waals surface area contributed by atoms with Crippen molar-refractivity contribution >= 4 is 33.0 Å². The first kappa shape index (κ1) is 10.9. The van der Waals surface area contributed by atoms with Crippen LogP contribution in [0.15, 0.2) is 24.3 Å². The molecule has 0 saturated heterocycles. The zero-order valence-corrected chi connectivity index (χ0v) is 10.3. The third-order valence-electron chi connectivity index (χ3n) is 2.40. The fourth-order valence-corrected chi connectivity index (χ4v) is 3.05. The smallest absolute Gasteiger partial charge is 0.0584 e. The van der Waals surface area contributed by atoms with E-state index in [1.54, 1.807) is 0 Å². The second-order valence-corrected chi connectivity index (χ2v) is 5.12. The summed E-state index contributed by atoms with van der Waals surface area (Å²) in [5.74, 6) is 0. The minimum atomic E-state index is 0.873. The van der Waals surface area contributed by atoms with Crippen molar-refractivity contribution < 1.29 is 0 Å². The van der Waals surface area contributed by atoms with E-state index in [9.17, 15) is 0 Å². The fourth-order valence-electron chi connectivity index (χ4n) is 1.64. The molecule has 15 heavy (non-hydrogen) atoms. The molecule has 0 aliphatic heterocycles. The summed E-state index contributed by atoms with van der Waals surface area (Å²) in [6.07, 6.45) is 2.32. The molecule has 1 aromatic heterocycles. The van der Waals surface area contributed by atoms with E-state index >= 15 is 0 Å². The summed E-state index contributed by atoms with van der Waals surface area (Å²) in [7, 11) is 1.99. The summed E-state index contributed by atoms with van der Waals surface area (Å²) in [5.41, 5.74) is 0. The SMILES string of the molecule is CNCCCc1cc2cccc(Cl)c2s1. The molecular weight excluding hydrogens is 226 g/mol. The van der Waals surface area contributed by atoms with Crippen LogP contribution in [0.4, 0.5) is 0 Å². The molecule has 2 rings (SSSR count). The highest BCUT2D eigenvalue weighted by atomic mass is 35.5. The molecule has 1 nitrogen and oxygen atoms in total. The normalized spacial score (nSPS) is 11.1. The van der Waals surface area contributed by atoms with E-state index in [-0.39, 0.29) is 0 Å². The fraction of sp³-hybridized carbons (Fsp3) is 0.333. The lowest BCUT2D eigenvalue weighted by Crippen LogP contribution is -2.07. The number of nitrogens with one attached hydrogen (secondary N) is 1. The maximum absolute atomic E-state index is 6.13. The van der Waals surface area contributed by atoms with Crippen LogP contribution in [0, 0.1) is 0 Å². The van der Waals surface area contributed by atoms with Gasteiger partial charge in [-0.1, -0.05) is 23.7 Å². The predicted octanol–water partition coefficient (Wildman–Crippen LogP) is 3.71. The van der Waals surface area contributed by atoms with Gasteiger partial charge in [0.05, 0.1) is 9.72 Å². The molecule has 1 N–H and O–H groups in total. The molecule has 3 heteroatoms. The standard InChI is InChI=1S/C12H14ClNS/c1-14-7-3-5-10-8-9-4-2-6-11(13)12(9)15-10/h2,4,6,8,14H,3,5,7H2,1H3. The molecule has 1 heterocycles. The van der Waals surface area contributed by atoms with E-state index < -0.39 is 0 Å². The van der Waals surface area contributed by atoms with Gasteiger partial charge >= 0.3 is 0 Å². The summed E-state index contributed by atoms with van der Waals surface area (Å²) in [6, 6.07) is 8.34. The molecule has 0 atom stereocenters. The van der Waals surface area contributed by atoms with Crippen molar-refractivity contribution in [2.45, 2.75) is 12.8 Å². The number of hydrogen-bond acceptors (Lipinski definition) is 2. The van der Waals surface area contributed by atoms with Gasteiger partial charge in [-0.25, -0.2) is 0 Å². The van der Waals surface area contributed by atoms with Crippen molar-refractivity contribution in [3.63, 3.8) is 0 Å². The zero-order chi connectivity index (χ0) is 10.7. The Hall–Kier alpha value is -0.570. The minimum absolute atomic E-state index is 0.873. The first-order valence-electron chi connectivity index (χ1n) is 5.13. The molecule has 80 valence electrons. The molecule has 0 saturated carbocycles. The van der Waals surface area contributed by atoms with E-state index in [1.807, 2.05) is 30.5 Å². The molecular formula is C12H14ClNS. The summed E-state index contributed by atoms with van der Waals surface area (Å²) in [6.45, 7) is 1.07. The quantitative estimate of drug-likeness (QED) is 0.803. The van der Waals surface area contributed by atoms with Crippen LogP contribution in [-0.4, -0.2) is 13.6 Å². The van der Waals surface area contributed by atoms with Crippen LogP contribution in [0.1, 0.15) is 11.3 Å². The predicted molar refractivity (Wildman–Crippen MR) is 69.1 cm³/mol. The minimum Gasteiger partial charge on any atom is -0.320 e. The molecule has 2 aromatic rings. The Kier molecular flexibility index (Phi) is 3.62. The van der Waals surface area contributed by atoms with Crippen LogP contribution in [0.25, 0.3) is 10.1 Å². The number of aryl methyl sites for hydroxylation is 1. The zero-order valence-electron chi connectivity index (χ0n) is 8.72. The van der Waals surface area contributed by atoms with Crippen LogP contribution >= 0.6 is 22.9 Å². The summed E-state index contributed by atoms with van der Waals surface area (Å²) >= 11 is 7.94. The Morgan fingerprint density at radius 2 is 2.27 bits per heavy atom. The lowest BCUT2D eigenvalue weighted by Gasteiger charge is -1.95. The van der Waals surface area contributed by atoms with Crippen molar-refractivity contribution in [1.29, 1.82) is 0 Å². The molecule has 0 spiro atoms. The summed E-state index contributed by atoms with van der Waals surface area (Å²) < 4.78 is 1.22. The maximum atomic E-state index is 6.13. The van der Waals surface area contributed by atoms with Crippen LogP contribution in [0.5, 0.6) is 0 Å². The van der Waals surface area contributed by atoms with Crippen molar-refractivity contribution in [1.82, 2.24) is 5.32 Å².